The van der Waals surface area contributed by atoms with E-state index in [0.717, 1.165) is 6.61 Å². The van der Waals surface area contributed by atoms with Crippen molar-refractivity contribution in [2.75, 3.05) is 13.4 Å². The van der Waals surface area contributed by atoms with E-state index in [1.165, 1.54) is 0 Å². The number of hydrogen-bond acceptors (Lipinski definition) is 2. The summed E-state index contributed by atoms with van der Waals surface area (Å²) in [5, 5.41) is 0. The fraction of sp³-hybridized carbons (Fsp3) is 1.00. The van der Waals surface area contributed by atoms with E-state index in [4.69, 9.17) is 9.47 Å². The Hall–Kier alpha value is -0.0800. The number of ether oxygens (including phenoxy) is 2. The monoisotopic (exact) mass is 116 g/mol. The Kier molecular flexibility index (Phi) is 1.86. The van der Waals surface area contributed by atoms with Gasteiger partial charge in [0.05, 0.1) is 12.7 Å². The van der Waals surface area contributed by atoms with Gasteiger partial charge in [-0.15, -0.1) is 0 Å². The van der Waals surface area contributed by atoms with Gasteiger partial charge < -0.3 is 9.47 Å². The molecule has 8 heavy (non-hydrogen) atoms. The standard InChI is InChI=1S/C6H12O2/c1-5-3-7-4-8-6(5)2/h5-6H,3-4H2,1-2H3/t5-,6+/m0/s1. The summed E-state index contributed by atoms with van der Waals surface area (Å²) >= 11 is 0. The van der Waals surface area contributed by atoms with Gasteiger partial charge in [-0.1, -0.05) is 6.92 Å². The van der Waals surface area contributed by atoms with Crippen LogP contribution in [0.25, 0.3) is 0 Å². The van der Waals surface area contributed by atoms with Gasteiger partial charge in [-0.05, 0) is 6.92 Å². The molecule has 0 saturated carbocycles. The maximum atomic E-state index is 5.17. The third kappa shape index (κ3) is 1.20. The van der Waals surface area contributed by atoms with Crippen LogP contribution >= 0.6 is 0 Å². The molecule has 0 aliphatic carbocycles. The van der Waals surface area contributed by atoms with Gasteiger partial charge in [0.25, 0.3) is 0 Å². The summed E-state index contributed by atoms with van der Waals surface area (Å²) in [5.41, 5.74) is 0. The maximum Gasteiger partial charge on any atom is 0.147 e. The Morgan fingerprint density at radius 3 is 2.50 bits per heavy atom. The zero-order valence-electron chi connectivity index (χ0n) is 5.39. The van der Waals surface area contributed by atoms with Gasteiger partial charge in [0.1, 0.15) is 6.79 Å². The quantitative estimate of drug-likeness (QED) is 0.470. The van der Waals surface area contributed by atoms with Crippen LogP contribution in [-0.4, -0.2) is 19.5 Å². The van der Waals surface area contributed by atoms with Crippen LogP contribution in [0.4, 0.5) is 0 Å². The summed E-state index contributed by atoms with van der Waals surface area (Å²) in [4.78, 5) is 0. The van der Waals surface area contributed by atoms with Gasteiger partial charge in [0, 0.05) is 5.92 Å². The van der Waals surface area contributed by atoms with Crippen LogP contribution in [0.3, 0.4) is 0 Å². The second-order valence-electron chi connectivity index (χ2n) is 2.34. The van der Waals surface area contributed by atoms with Crippen LogP contribution in [0.15, 0.2) is 0 Å². The van der Waals surface area contributed by atoms with Crippen molar-refractivity contribution >= 4 is 0 Å². The number of hydrogen-bond donors (Lipinski definition) is 0. The summed E-state index contributed by atoms with van der Waals surface area (Å²) in [6.45, 7) is 5.53. The molecule has 48 valence electrons. The lowest BCUT2D eigenvalue weighted by Crippen LogP contribution is -2.29. The predicted octanol–water partition coefficient (Wildman–Crippen LogP) is 1.02. The molecule has 2 heteroatoms. The average molecular weight is 116 g/mol. The molecule has 0 aromatic heterocycles. The maximum absolute atomic E-state index is 5.17. The Morgan fingerprint density at radius 1 is 1.38 bits per heavy atom. The molecule has 2 nitrogen and oxygen atoms in total. The third-order valence-corrected chi connectivity index (χ3v) is 1.60. The second kappa shape index (κ2) is 2.46. The number of rotatable bonds is 0. The average Bonchev–Trinajstić information content (AvgIpc) is 1.77. The van der Waals surface area contributed by atoms with Gasteiger partial charge in [0.2, 0.25) is 0 Å². The van der Waals surface area contributed by atoms with Gasteiger partial charge in [-0.2, -0.15) is 0 Å². The zero-order valence-corrected chi connectivity index (χ0v) is 5.39. The van der Waals surface area contributed by atoms with Crippen LogP contribution in [0, 0.1) is 5.92 Å². The molecule has 1 aliphatic heterocycles. The Bertz CT molecular complexity index is 62.9. The van der Waals surface area contributed by atoms with Gasteiger partial charge >= 0.3 is 0 Å². The molecule has 1 heterocycles. The van der Waals surface area contributed by atoms with E-state index in [9.17, 15) is 0 Å². The van der Waals surface area contributed by atoms with Crippen LogP contribution in [-0.2, 0) is 9.47 Å². The lowest BCUT2D eigenvalue weighted by atomic mass is 10.1. The molecule has 2 atom stereocenters. The Balaban J connectivity index is 2.28. The molecule has 0 radical (unpaired) electrons. The topological polar surface area (TPSA) is 18.5 Å². The molecule has 0 amide bonds. The first-order valence-corrected chi connectivity index (χ1v) is 3.00. The summed E-state index contributed by atoms with van der Waals surface area (Å²) in [7, 11) is 0. The van der Waals surface area contributed by atoms with Crippen LogP contribution in [0.5, 0.6) is 0 Å². The highest BCUT2D eigenvalue weighted by molar-refractivity contribution is 4.61. The molecule has 0 spiro atoms. The van der Waals surface area contributed by atoms with Crippen molar-refractivity contribution < 1.29 is 9.47 Å². The van der Waals surface area contributed by atoms with Crippen molar-refractivity contribution in [3.8, 4) is 0 Å². The van der Waals surface area contributed by atoms with E-state index in [1.54, 1.807) is 0 Å². The van der Waals surface area contributed by atoms with Crippen molar-refractivity contribution in [3.63, 3.8) is 0 Å². The second-order valence-corrected chi connectivity index (χ2v) is 2.34. The molecule has 1 fully saturated rings. The van der Waals surface area contributed by atoms with Crippen molar-refractivity contribution in [1.82, 2.24) is 0 Å². The predicted molar refractivity (Wildman–Crippen MR) is 30.5 cm³/mol. The minimum Gasteiger partial charge on any atom is -0.355 e. The third-order valence-electron chi connectivity index (χ3n) is 1.60. The molecule has 0 bridgehead atoms. The van der Waals surface area contributed by atoms with Crippen LogP contribution < -0.4 is 0 Å². The van der Waals surface area contributed by atoms with Crippen molar-refractivity contribution in [2.24, 2.45) is 5.92 Å². The van der Waals surface area contributed by atoms with Gasteiger partial charge in [-0.3, -0.25) is 0 Å². The molecule has 0 aromatic rings. The summed E-state index contributed by atoms with van der Waals surface area (Å²) in [6, 6.07) is 0. The first kappa shape index (κ1) is 6.05. The first-order chi connectivity index (χ1) is 3.80. The lowest BCUT2D eigenvalue weighted by Gasteiger charge is -2.25. The van der Waals surface area contributed by atoms with Crippen molar-refractivity contribution in [2.45, 2.75) is 20.0 Å². The highest BCUT2D eigenvalue weighted by Crippen LogP contribution is 2.11. The molecule has 1 saturated heterocycles. The molecule has 1 rings (SSSR count). The van der Waals surface area contributed by atoms with E-state index in [2.05, 4.69) is 13.8 Å². The van der Waals surface area contributed by atoms with Gasteiger partial charge in [0.15, 0.2) is 0 Å². The molecule has 0 N–H and O–H groups in total. The van der Waals surface area contributed by atoms with Crippen molar-refractivity contribution in [1.29, 1.82) is 0 Å². The van der Waals surface area contributed by atoms with E-state index < -0.39 is 0 Å². The first-order valence-electron chi connectivity index (χ1n) is 3.00. The highest BCUT2D eigenvalue weighted by atomic mass is 16.7. The fourth-order valence-electron chi connectivity index (χ4n) is 0.689. The smallest absolute Gasteiger partial charge is 0.147 e. The largest absolute Gasteiger partial charge is 0.355 e. The van der Waals surface area contributed by atoms with Gasteiger partial charge in [-0.25, -0.2) is 0 Å². The summed E-state index contributed by atoms with van der Waals surface area (Å²) < 4.78 is 10.2. The van der Waals surface area contributed by atoms with Crippen LogP contribution in [0.2, 0.25) is 0 Å². The zero-order chi connectivity index (χ0) is 5.98. The van der Waals surface area contributed by atoms with E-state index in [0.29, 0.717) is 18.8 Å². The molecule has 0 aromatic carbocycles. The molecule has 0 unspecified atom stereocenters. The molecule has 1 aliphatic rings. The minimum absolute atomic E-state index is 0.378. The minimum atomic E-state index is 0.378. The molecular weight excluding hydrogens is 104 g/mol. The SMILES string of the molecule is C[C@H]1COCO[C@@H]1C. The normalized spacial score (nSPS) is 39.8. The Morgan fingerprint density at radius 2 is 2.12 bits per heavy atom. The van der Waals surface area contributed by atoms with E-state index in [-0.39, 0.29) is 0 Å². The van der Waals surface area contributed by atoms with E-state index in [1.807, 2.05) is 0 Å². The highest BCUT2D eigenvalue weighted by Gasteiger charge is 2.16. The Labute approximate surface area is 49.8 Å². The van der Waals surface area contributed by atoms with Crippen molar-refractivity contribution in [3.05, 3.63) is 0 Å². The van der Waals surface area contributed by atoms with Crippen LogP contribution in [0.1, 0.15) is 13.8 Å². The lowest BCUT2D eigenvalue weighted by molar-refractivity contribution is -0.159. The fourth-order valence-corrected chi connectivity index (χ4v) is 0.689. The summed E-state index contributed by atoms with van der Waals surface area (Å²) in [5.74, 6) is 0.559. The molecular formula is C6H12O2. The van der Waals surface area contributed by atoms with E-state index >= 15 is 0 Å². The summed E-state index contributed by atoms with van der Waals surface area (Å²) in [6.07, 6.45) is 0.378.